The normalized spacial score (nSPS) is 18.2. The molecule has 0 bridgehead atoms. The first-order valence-electron chi connectivity index (χ1n) is 11.2. The fourth-order valence-corrected chi connectivity index (χ4v) is 4.21. The Morgan fingerprint density at radius 1 is 1.06 bits per heavy atom. The van der Waals surface area contributed by atoms with Crippen LogP contribution < -0.4 is 15.4 Å². The number of ether oxygens (including phenoxy) is 3. The van der Waals surface area contributed by atoms with Gasteiger partial charge in [0.2, 0.25) is 5.91 Å². The van der Waals surface area contributed by atoms with Crippen LogP contribution in [0.1, 0.15) is 41.6 Å². The molecule has 1 saturated heterocycles. The Bertz CT molecular complexity index is 985. The minimum Gasteiger partial charge on any atom is -0.492 e. The molecule has 0 radical (unpaired) electrons. The van der Waals surface area contributed by atoms with Crippen LogP contribution in [0.3, 0.4) is 0 Å². The lowest BCUT2D eigenvalue weighted by Crippen LogP contribution is -2.61. The maximum Gasteiger partial charge on any atom is 0.337 e. The van der Waals surface area contributed by atoms with E-state index in [0.29, 0.717) is 50.5 Å². The monoisotopic (exact) mass is 456 g/mol. The van der Waals surface area contributed by atoms with Gasteiger partial charge in [0.25, 0.3) is 0 Å². The summed E-state index contributed by atoms with van der Waals surface area (Å²) in [5.74, 6) is -0.350. The Morgan fingerprint density at radius 2 is 1.79 bits per heavy atom. The van der Waals surface area contributed by atoms with Crippen molar-refractivity contribution in [1.82, 2.24) is 10.6 Å². The summed E-state index contributed by atoms with van der Waals surface area (Å²) >= 11 is 0. The van der Waals surface area contributed by atoms with Gasteiger partial charge in [0.15, 0.2) is 0 Å². The molecule has 176 valence electrons. The third-order valence-electron chi connectivity index (χ3n) is 6.37. The number of hydrogen-bond acceptors (Lipinski definition) is 6. The molecule has 1 aliphatic carbocycles. The van der Waals surface area contributed by atoms with E-state index >= 15 is 0 Å². The van der Waals surface area contributed by atoms with Gasteiger partial charge in [0.05, 0.1) is 18.2 Å². The molecular formula is C25H29FN2O5. The number of methoxy groups -OCH3 is 1. The zero-order valence-electron chi connectivity index (χ0n) is 18.7. The van der Waals surface area contributed by atoms with Gasteiger partial charge in [-0.15, -0.1) is 0 Å². The van der Waals surface area contributed by atoms with E-state index in [-0.39, 0.29) is 17.7 Å². The largest absolute Gasteiger partial charge is 0.492 e. The van der Waals surface area contributed by atoms with Crippen LogP contribution in [-0.4, -0.2) is 50.9 Å². The molecule has 1 saturated carbocycles. The summed E-state index contributed by atoms with van der Waals surface area (Å²) in [6.07, 6.45) is 2.78. The van der Waals surface area contributed by atoms with E-state index in [1.54, 1.807) is 24.3 Å². The Balaban J connectivity index is 1.39. The molecule has 2 fully saturated rings. The van der Waals surface area contributed by atoms with E-state index in [1.165, 1.54) is 19.2 Å². The predicted molar refractivity (Wildman–Crippen MR) is 120 cm³/mol. The van der Waals surface area contributed by atoms with Crippen molar-refractivity contribution in [3.05, 3.63) is 65.5 Å². The molecule has 4 rings (SSSR count). The molecule has 0 spiro atoms. The van der Waals surface area contributed by atoms with Crippen molar-refractivity contribution in [2.24, 2.45) is 0 Å². The van der Waals surface area contributed by atoms with Crippen LogP contribution >= 0.6 is 0 Å². The maximum atomic E-state index is 13.5. The third kappa shape index (κ3) is 5.34. The SMILES string of the molecule is COC(=O)c1ccc(C2(NC(=O)C3(NCCOc4cccc(F)c4)CCOCC3)CC2)cc1. The van der Waals surface area contributed by atoms with Crippen molar-refractivity contribution < 1.29 is 28.2 Å². The molecule has 2 aromatic carbocycles. The maximum absolute atomic E-state index is 13.5. The van der Waals surface area contributed by atoms with Crippen LogP contribution in [0.15, 0.2) is 48.5 Å². The summed E-state index contributed by atoms with van der Waals surface area (Å²) in [6, 6.07) is 13.2. The highest BCUT2D eigenvalue weighted by atomic mass is 19.1. The molecule has 2 N–H and O–H groups in total. The number of rotatable bonds is 9. The van der Waals surface area contributed by atoms with Gasteiger partial charge in [-0.2, -0.15) is 0 Å². The van der Waals surface area contributed by atoms with Crippen molar-refractivity contribution >= 4 is 11.9 Å². The number of esters is 1. The van der Waals surface area contributed by atoms with Crippen LogP contribution in [0, 0.1) is 5.82 Å². The topological polar surface area (TPSA) is 85.9 Å². The first-order chi connectivity index (χ1) is 16.0. The number of carbonyl (C=O) groups excluding carboxylic acids is 2. The van der Waals surface area contributed by atoms with E-state index in [9.17, 15) is 14.0 Å². The van der Waals surface area contributed by atoms with Crippen LogP contribution in [0.5, 0.6) is 5.75 Å². The predicted octanol–water partition coefficient (Wildman–Crippen LogP) is 2.94. The number of amides is 1. The fourth-order valence-electron chi connectivity index (χ4n) is 4.21. The van der Waals surface area contributed by atoms with E-state index < -0.39 is 11.1 Å². The van der Waals surface area contributed by atoms with Crippen molar-refractivity contribution in [1.29, 1.82) is 0 Å². The molecule has 0 atom stereocenters. The average Bonchev–Trinajstić information content (AvgIpc) is 3.62. The smallest absolute Gasteiger partial charge is 0.337 e. The summed E-state index contributed by atoms with van der Waals surface area (Å²) in [7, 11) is 1.35. The summed E-state index contributed by atoms with van der Waals surface area (Å²) in [6.45, 7) is 1.72. The highest BCUT2D eigenvalue weighted by Gasteiger charge is 2.50. The number of nitrogens with one attached hydrogen (secondary N) is 2. The fraction of sp³-hybridized carbons (Fsp3) is 0.440. The number of hydrogen-bond donors (Lipinski definition) is 2. The first-order valence-corrected chi connectivity index (χ1v) is 11.2. The minimum absolute atomic E-state index is 0.0638. The molecule has 7 nitrogen and oxygen atoms in total. The van der Waals surface area contributed by atoms with Crippen molar-refractivity contribution in [2.45, 2.75) is 36.8 Å². The molecule has 0 unspecified atom stereocenters. The minimum atomic E-state index is -0.759. The first kappa shape index (κ1) is 23.2. The molecular weight excluding hydrogens is 427 g/mol. The van der Waals surface area contributed by atoms with Crippen molar-refractivity contribution in [3.8, 4) is 5.75 Å². The molecule has 33 heavy (non-hydrogen) atoms. The number of halogens is 1. The van der Waals surface area contributed by atoms with Crippen LogP contribution in [-0.2, 0) is 19.8 Å². The van der Waals surface area contributed by atoms with Crippen molar-refractivity contribution in [3.63, 3.8) is 0 Å². The molecule has 1 heterocycles. The molecule has 1 amide bonds. The van der Waals surface area contributed by atoms with Crippen LogP contribution in [0.25, 0.3) is 0 Å². The quantitative estimate of drug-likeness (QED) is 0.446. The van der Waals surface area contributed by atoms with Gasteiger partial charge in [0, 0.05) is 25.8 Å². The Labute approximate surface area is 192 Å². The second-order valence-electron chi connectivity index (χ2n) is 8.53. The van der Waals surface area contributed by atoms with Gasteiger partial charge in [-0.3, -0.25) is 10.1 Å². The van der Waals surface area contributed by atoms with Gasteiger partial charge < -0.3 is 19.5 Å². The highest BCUT2D eigenvalue weighted by molar-refractivity contribution is 5.89. The Hall–Kier alpha value is -2.97. The molecule has 2 aromatic rings. The van der Waals surface area contributed by atoms with Gasteiger partial charge >= 0.3 is 5.97 Å². The summed E-state index contributed by atoms with van der Waals surface area (Å²) in [5.41, 5.74) is 0.270. The second kappa shape index (κ2) is 9.89. The lowest BCUT2D eigenvalue weighted by molar-refractivity contribution is -0.133. The van der Waals surface area contributed by atoms with Gasteiger partial charge in [0.1, 0.15) is 23.7 Å². The zero-order valence-corrected chi connectivity index (χ0v) is 18.7. The summed E-state index contributed by atoms with van der Waals surface area (Å²) in [5, 5.41) is 6.64. The van der Waals surface area contributed by atoms with E-state index in [0.717, 1.165) is 18.4 Å². The van der Waals surface area contributed by atoms with Crippen LogP contribution in [0.2, 0.25) is 0 Å². The zero-order chi connectivity index (χ0) is 23.3. The van der Waals surface area contributed by atoms with E-state index in [1.807, 2.05) is 12.1 Å². The number of benzene rings is 2. The summed E-state index contributed by atoms with van der Waals surface area (Å²) < 4.78 is 29.2. The molecule has 8 heteroatoms. The summed E-state index contributed by atoms with van der Waals surface area (Å²) in [4.78, 5) is 25.2. The van der Waals surface area contributed by atoms with Crippen LogP contribution in [0.4, 0.5) is 4.39 Å². The molecule has 2 aliphatic rings. The van der Waals surface area contributed by atoms with E-state index in [2.05, 4.69) is 10.6 Å². The van der Waals surface area contributed by atoms with Crippen molar-refractivity contribution in [2.75, 3.05) is 33.5 Å². The standard InChI is InChI=1S/C25H29FN2O5/c1-31-22(29)18-5-7-19(8-6-18)24(9-10-24)28-23(30)25(11-14-32-15-12-25)27-13-16-33-21-4-2-3-20(26)17-21/h2-8,17,27H,9-16H2,1H3,(H,28,30). The Kier molecular flexibility index (Phi) is 6.95. The van der Waals surface area contributed by atoms with Gasteiger partial charge in [-0.1, -0.05) is 18.2 Å². The highest BCUT2D eigenvalue weighted by Crippen LogP contribution is 2.46. The molecule has 1 aliphatic heterocycles. The second-order valence-corrected chi connectivity index (χ2v) is 8.53. The third-order valence-corrected chi connectivity index (χ3v) is 6.37. The lowest BCUT2D eigenvalue weighted by Gasteiger charge is -2.38. The Morgan fingerprint density at radius 3 is 2.42 bits per heavy atom. The van der Waals surface area contributed by atoms with Gasteiger partial charge in [-0.05, 0) is 55.5 Å². The molecule has 0 aromatic heterocycles. The average molecular weight is 457 g/mol. The van der Waals surface area contributed by atoms with Gasteiger partial charge in [-0.25, -0.2) is 9.18 Å². The van der Waals surface area contributed by atoms with E-state index in [4.69, 9.17) is 14.2 Å². The number of carbonyl (C=O) groups is 2. The lowest BCUT2D eigenvalue weighted by atomic mass is 9.88.